The summed E-state index contributed by atoms with van der Waals surface area (Å²) >= 11 is 0. The summed E-state index contributed by atoms with van der Waals surface area (Å²) in [7, 11) is 0. The predicted molar refractivity (Wildman–Crippen MR) is 77.5 cm³/mol. The second-order valence-electron chi connectivity index (χ2n) is 5.63. The highest BCUT2D eigenvalue weighted by Gasteiger charge is 2.13. The Hall–Kier alpha value is -1.58. The van der Waals surface area contributed by atoms with Crippen LogP contribution in [0.3, 0.4) is 0 Å². The maximum atomic E-state index is 4.31. The van der Waals surface area contributed by atoms with Crippen LogP contribution in [0, 0.1) is 6.92 Å². The number of hydrogen-bond donors (Lipinski definition) is 1. The van der Waals surface area contributed by atoms with Gasteiger partial charge in [-0.15, -0.1) is 0 Å². The highest BCUT2D eigenvalue weighted by Crippen LogP contribution is 2.21. The van der Waals surface area contributed by atoms with E-state index >= 15 is 0 Å². The molecule has 102 valence electrons. The average Bonchev–Trinajstić information content (AvgIpc) is 2.80. The first-order chi connectivity index (χ1) is 9.33. The van der Waals surface area contributed by atoms with Crippen molar-refractivity contribution in [2.45, 2.75) is 57.9 Å². The first-order valence-corrected chi connectivity index (χ1v) is 7.40. The number of anilines is 1. The van der Waals surface area contributed by atoms with E-state index in [0.717, 1.165) is 11.5 Å². The third-order valence-electron chi connectivity index (χ3n) is 3.98. The maximum Gasteiger partial charge on any atom is 0.157 e. The highest BCUT2D eigenvalue weighted by molar-refractivity contribution is 5.51. The molecule has 4 heteroatoms. The molecule has 2 heterocycles. The van der Waals surface area contributed by atoms with Gasteiger partial charge in [-0.2, -0.15) is 9.61 Å². The Morgan fingerprint density at radius 3 is 2.63 bits per heavy atom. The smallest absolute Gasteiger partial charge is 0.157 e. The Labute approximate surface area is 114 Å². The van der Waals surface area contributed by atoms with Crippen molar-refractivity contribution in [3.8, 4) is 0 Å². The number of nitrogens with zero attached hydrogens (tertiary/aromatic N) is 3. The molecule has 0 aliphatic heterocycles. The second kappa shape index (κ2) is 5.59. The van der Waals surface area contributed by atoms with Crippen molar-refractivity contribution in [2.24, 2.45) is 0 Å². The Balaban J connectivity index is 1.81. The Morgan fingerprint density at radius 1 is 1.11 bits per heavy atom. The molecule has 1 aliphatic carbocycles. The number of rotatable bonds is 2. The van der Waals surface area contributed by atoms with E-state index in [1.807, 2.05) is 4.52 Å². The first-order valence-electron chi connectivity index (χ1n) is 7.40. The molecule has 1 saturated carbocycles. The van der Waals surface area contributed by atoms with Crippen LogP contribution in [0.15, 0.2) is 18.5 Å². The van der Waals surface area contributed by atoms with Crippen molar-refractivity contribution in [3.63, 3.8) is 0 Å². The molecule has 19 heavy (non-hydrogen) atoms. The van der Waals surface area contributed by atoms with Crippen LogP contribution in [0.25, 0.3) is 5.65 Å². The minimum atomic E-state index is 0.578. The van der Waals surface area contributed by atoms with Crippen LogP contribution in [0.2, 0.25) is 0 Å². The number of pyridine rings is 1. The molecule has 0 bridgehead atoms. The molecule has 3 rings (SSSR count). The van der Waals surface area contributed by atoms with Gasteiger partial charge >= 0.3 is 0 Å². The van der Waals surface area contributed by atoms with Gasteiger partial charge in [0.15, 0.2) is 5.65 Å². The van der Waals surface area contributed by atoms with Gasteiger partial charge in [0, 0.05) is 6.04 Å². The van der Waals surface area contributed by atoms with E-state index in [9.17, 15) is 0 Å². The lowest BCUT2D eigenvalue weighted by Gasteiger charge is -2.22. The molecule has 0 saturated heterocycles. The van der Waals surface area contributed by atoms with Gasteiger partial charge in [-0.05, 0) is 37.5 Å². The average molecular weight is 258 g/mol. The third-order valence-corrected chi connectivity index (χ3v) is 3.98. The predicted octanol–water partition coefficient (Wildman–Crippen LogP) is 3.56. The van der Waals surface area contributed by atoms with Gasteiger partial charge in [0.25, 0.3) is 0 Å². The molecule has 0 amide bonds. The molecule has 0 radical (unpaired) electrons. The molecule has 0 spiro atoms. The third kappa shape index (κ3) is 2.88. The molecule has 0 aromatic carbocycles. The van der Waals surface area contributed by atoms with Crippen molar-refractivity contribution in [2.75, 3.05) is 5.32 Å². The standard InChI is InChI=1S/C15H22N4/c1-12-9-14-16-11-17-19(14)15(10-12)18-13-7-5-3-2-4-6-8-13/h9-11,13,18H,2-8H2,1H3. The van der Waals surface area contributed by atoms with Gasteiger partial charge in [-0.25, -0.2) is 4.98 Å². The first kappa shape index (κ1) is 12.5. The molecule has 2 aromatic heterocycles. The van der Waals surface area contributed by atoms with Gasteiger partial charge in [-0.3, -0.25) is 0 Å². The maximum absolute atomic E-state index is 4.31. The summed E-state index contributed by atoms with van der Waals surface area (Å²) in [6.45, 7) is 2.11. The fraction of sp³-hybridized carbons (Fsp3) is 0.600. The fourth-order valence-corrected chi connectivity index (χ4v) is 2.97. The van der Waals surface area contributed by atoms with Gasteiger partial charge in [0.1, 0.15) is 12.1 Å². The van der Waals surface area contributed by atoms with E-state index in [1.54, 1.807) is 6.33 Å². The summed E-state index contributed by atoms with van der Waals surface area (Å²) in [6, 6.07) is 4.81. The Kier molecular flexibility index (Phi) is 3.67. The highest BCUT2D eigenvalue weighted by atomic mass is 15.3. The number of fused-ring (bicyclic) bond motifs is 1. The molecule has 1 N–H and O–H groups in total. The van der Waals surface area contributed by atoms with Gasteiger partial charge in [0.2, 0.25) is 0 Å². The fourth-order valence-electron chi connectivity index (χ4n) is 2.97. The van der Waals surface area contributed by atoms with Crippen LogP contribution >= 0.6 is 0 Å². The quantitative estimate of drug-likeness (QED) is 0.895. The van der Waals surface area contributed by atoms with Crippen LogP contribution in [0.1, 0.15) is 50.5 Å². The Bertz CT molecular complexity index is 538. The van der Waals surface area contributed by atoms with E-state index in [0.29, 0.717) is 6.04 Å². The minimum Gasteiger partial charge on any atom is -0.367 e. The molecule has 0 atom stereocenters. The number of aromatic nitrogens is 3. The van der Waals surface area contributed by atoms with Crippen LogP contribution < -0.4 is 5.32 Å². The topological polar surface area (TPSA) is 42.2 Å². The molecule has 1 fully saturated rings. The second-order valence-corrected chi connectivity index (χ2v) is 5.63. The van der Waals surface area contributed by atoms with E-state index in [2.05, 4.69) is 34.5 Å². The van der Waals surface area contributed by atoms with Crippen molar-refractivity contribution >= 4 is 11.5 Å². The molecule has 0 unspecified atom stereocenters. The summed E-state index contributed by atoms with van der Waals surface area (Å²) in [5, 5.41) is 7.99. The van der Waals surface area contributed by atoms with Crippen LogP contribution in [0.4, 0.5) is 5.82 Å². The molecular formula is C15H22N4. The van der Waals surface area contributed by atoms with Gasteiger partial charge in [0.05, 0.1) is 0 Å². The lowest BCUT2D eigenvalue weighted by Crippen LogP contribution is -2.22. The summed E-state index contributed by atoms with van der Waals surface area (Å²) in [4.78, 5) is 4.28. The number of hydrogen-bond acceptors (Lipinski definition) is 3. The monoisotopic (exact) mass is 258 g/mol. The summed E-state index contributed by atoms with van der Waals surface area (Å²) < 4.78 is 1.91. The SMILES string of the molecule is Cc1cc(NC2CCCCCCC2)n2ncnc2c1. The van der Waals surface area contributed by atoms with Crippen molar-refractivity contribution in [3.05, 3.63) is 24.0 Å². The molecule has 2 aromatic rings. The number of nitrogens with one attached hydrogen (secondary N) is 1. The van der Waals surface area contributed by atoms with E-state index in [-0.39, 0.29) is 0 Å². The molecule has 4 nitrogen and oxygen atoms in total. The van der Waals surface area contributed by atoms with Crippen molar-refractivity contribution in [1.29, 1.82) is 0 Å². The minimum absolute atomic E-state index is 0.578. The lowest BCUT2D eigenvalue weighted by atomic mass is 9.97. The van der Waals surface area contributed by atoms with E-state index < -0.39 is 0 Å². The zero-order chi connectivity index (χ0) is 13.1. The normalized spacial score (nSPS) is 18.2. The van der Waals surface area contributed by atoms with Crippen LogP contribution in [-0.2, 0) is 0 Å². The lowest BCUT2D eigenvalue weighted by molar-refractivity contribution is 0.470. The van der Waals surface area contributed by atoms with Gasteiger partial charge in [-0.1, -0.05) is 32.1 Å². The summed E-state index contributed by atoms with van der Waals surface area (Å²) in [5.74, 6) is 1.08. The largest absolute Gasteiger partial charge is 0.367 e. The Morgan fingerprint density at radius 2 is 1.84 bits per heavy atom. The van der Waals surface area contributed by atoms with E-state index in [4.69, 9.17) is 0 Å². The zero-order valence-corrected chi connectivity index (χ0v) is 11.6. The molecular weight excluding hydrogens is 236 g/mol. The molecule has 1 aliphatic rings. The van der Waals surface area contributed by atoms with Gasteiger partial charge < -0.3 is 5.32 Å². The van der Waals surface area contributed by atoms with Crippen LogP contribution in [-0.4, -0.2) is 20.6 Å². The summed E-state index contributed by atoms with van der Waals surface area (Å²) in [5.41, 5.74) is 2.15. The number of aryl methyl sites for hydroxylation is 1. The van der Waals surface area contributed by atoms with Crippen LogP contribution in [0.5, 0.6) is 0 Å². The van der Waals surface area contributed by atoms with E-state index in [1.165, 1.54) is 50.5 Å². The van der Waals surface area contributed by atoms with Crippen molar-refractivity contribution < 1.29 is 0 Å². The zero-order valence-electron chi connectivity index (χ0n) is 11.6. The van der Waals surface area contributed by atoms with Crippen molar-refractivity contribution in [1.82, 2.24) is 14.6 Å². The summed E-state index contributed by atoms with van der Waals surface area (Å²) in [6.07, 6.45) is 11.0.